The van der Waals surface area contributed by atoms with Crippen molar-refractivity contribution in [3.05, 3.63) is 77.7 Å². The van der Waals surface area contributed by atoms with E-state index in [9.17, 15) is 14.0 Å². The Hall–Kier alpha value is -5.36. The van der Waals surface area contributed by atoms with Crippen LogP contribution in [0.1, 0.15) is 26.3 Å². The number of carbonyl (C=O) groups is 2. The van der Waals surface area contributed by atoms with E-state index in [2.05, 4.69) is 25.8 Å². The van der Waals surface area contributed by atoms with Crippen LogP contribution in [0.5, 0.6) is 0 Å². The number of nitrogens with two attached hydrogens (primary N) is 1. The molecule has 1 aliphatic heterocycles. The summed E-state index contributed by atoms with van der Waals surface area (Å²) < 4.78 is 19.8. The highest BCUT2D eigenvalue weighted by Gasteiger charge is 2.20. The second kappa shape index (κ2) is 13.5. The van der Waals surface area contributed by atoms with Crippen LogP contribution in [0.25, 0.3) is 27.9 Å². The summed E-state index contributed by atoms with van der Waals surface area (Å²) in [6, 6.07) is 16.7. The molecule has 0 radical (unpaired) electrons. The van der Waals surface area contributed by atoms with Gasteiger partial charge in [-0.15, -0.1) is 0 Å². The number of hydrogen-bond acceptors (Lipinski definition) is 8. The minimum Gasteiger partial charge on any atom is -0.402 e. The zero-order valence-corrected chi connectivity index (χ0v) is 25.6. The van der Waals surface area contributed by atoms with Crippen LogP contribution >= 0.6 is 0 Å². The summed E-state index contributed by atoms with van der Waals surface area (Å²) >= 11 is 0. The summed E-state index contributed by atoms with van der Waals surface area (Å²) in [5, 5.41) is 8.64. The van der Waals surface area contributed by atoms with Crippen molar-refractivity contribution in [1.82, 2.24) is 9.97 Å². The number of ether oxygens (including phenoxy) is 1. The van der Waals surface area contributed by atoms with Gasteiger partial charge in [0.2, 0.25) is 5.91 Å². The van der Waals surface area contributed by atoms with Crippen molar-refractivity contribution < 1.29 is 18.7 Å². The minimum atomic E-state index is -0.662. The molecular weight excluding hydrogens is 575 g/mol. The summed E-state index contributed by atoms with van der Waals surface area (Å²) in [7, 11) is 1.74. The summed E-state index contributed by atoms with van der Waals surface area (Å²) in [5.74, 6) is 0.295. The van der Waals surface area contributed by atoms with Gasteiger partial charge in [-0.25, -0.2) is 19.2 Å². The van der Waals surface area contributed by atoms with Crippen molar-refractivity contribution in [3.63, 3.8) is 0 Å². The van der Waals surface area contributed by atoms with E-state index in [-0.39, 0.29) is 11.4 Å². The van der Waals surface area contributed by atoms with Crippen molar-refractivity contribution in [2.45, 2.75) is 20.8 Å². The highest BCUT2D eigenvalue weighted by atomic mass is 19.1. The molecule has 1 saturated heterocycles. The number of fused-ring (bicyclic) bond motifs is 1. The molecule has 4 aromatic rings. The Kier molecular flexibility index (Phi) is 9.33. The molecule has 1 fully saturated rings. The van der Waals surface area contributed by atoms with Crippen molar-refractivity contribution in [3.8, 4) is 11.4 Å². The van der Waals surface area contributed by atoms with E-state index in [0.717, 1.165) is 45.2 Å². The summed E-state index contributed by atoms with van der Waals surface area (Å²) in [5.41, 5.74) is 11.8. The van der Waals surface area contributed by atoms with Crippen molar-refractivity contribution >= 4 is 57.0 Å². The molecule has 0 atom stereocenters. The number of allylic oxidation sites excluding steroid dienone is 2. The van der Waals surface area contributed by atoms with Gasteiger partial charge < -0.3 is 31.3 Å². The van der Waals surface area contributed by atoms with Gasteiger partial charge in [0.15, 0.2) is 5.82 Å². The van der Waals surface area contributed by atoms with Crippen LogP contribution in [-0.2, 0) is 9.53 Å². The molecule has 12 heteroatoms. The smallest absolute Gasteiger partial charge is 0.323 e. The largest absolute Gasteiger partial charge is 0.402 e. The van der Waals surface area contributed by atoms with Gasteiger partial charge in [-0.2, -0.15) is 0 Å². The number of nitrogens with zero attached hydrogens (tertiary/aromatic N) is 4. The fourth-order valence-corrected chi connectivity index (χ4v) is 5.13. The van der Waals surface area contributed by atoms with Gasteiger partial charge >= 0.3 is 6.03 Å². The third-order valence-corrected chi connectivity index (χ3v) is 7.31. The highest BCUT2D eigenvalue weighted by molar-refractivity contribution is 6.23. The first kappa shape index (κ1) is 31.1. The van der Waals surface area contributed by atoms with Gasteiger partial charge in [-0.3, -0.25) is 9.79 Å². The quantitative estimate of drug-likeness (QED) is 0.198. The summed E-state index contributed by atoms with van der Waals surface area (Å²) in [6.45, 7) is 7.71. The Morgan fingerprint density at radius 3 is 2.24 bits per heavy atom. The highest BCUT2D eigenvalue weighted by Crippen LogP contribution is 2.31. The van der Waals surface area contributed by atoms with Crippen molar-refractivity contribution in [2.24, 2.45) is 10.7 Å². The Morgan fingerprint density at radius 1 is 0.911 bits per heavy atom. The SMILES string of the molecule is CN=C(C)C(=C(C)N)c1ccc2c(N3CCOCC3)nc(-c3ccc(NC(=O)Nc4ccc(NC(C)=O)c(F)c4)cc3)nc2c1. The molecule has 1 aliphatic rings. The number of hydrogen-bond donors (Lipinski definition) is 4. The van der Waals surface area contributed by atoms with E-state index in [1.54, 1.807) is 19.2 Å². The van der Waals surface area contributed by atoms with Gasteiger partial charge in [0.05, 0.1) is 24.4 Å². The van der Waals surface area contributed by atoms with Gasteiger partial charge in [0, 0.05) is 66.4 Å². The van der Waals surface area contributed by atoms with Gasteiger partial charge in [0.25, 0.3) is 0 Å². The lowest BCUT2D eigenvalue weighted by molar-refractivity contribution is -0.114. The lowest BCUT2D eigenvalue weighted by Crippen LogP contribution is -2.37. The molecule has 3 aromatic carbocycles. The van der Waals surface area contributed by atoms with Gasteiger partial charge in [-0.05, 0) is 74.0 Å². The molecule has 0 aliphatic carbocycles. The number of carbonyl (C=O) groups excluding carboxylic acids is 2. The third kappa shape index (κ3) is 7.24. The third-order valence-electron chi connectivity index (χ3n) is 7.31. The summed E-state index contributed by atoms with van der Waals surface area (Å²) in [4.78, 5) is 40.3. The molecular formula is C33H35FN8O3. The topological polar surface area (TPSA) is 147 Å². The Balaban J connectivity index is 1.42. The molecule has 0 bridgehead atoms. The fourth-order valence-electron chi connectivity index (χ4n) is 5.13. The van der Waals surface area contributed by atoms with Gasteiger partial charge in [0.1, 0.15) is 11.6 Å². The predicted octanol–water partition coefficient (Wildman–Crippen LogP) is 5.66. The lowest BCUT2D eigenvalue weighted by atomic mass is 9.98. The average molecular weight is 611 g/mol. The first-order valence-corrected chi connectivity index (χ1v) is 14.4. The standard InChI is InChI=1S/C33H35FN8O3/c1-19(35)30(20(2)36-4)23-7-11-26-29(17-23)40-31(41-32(26)42-13-15-45-16-14-42)22-5-8-24(9-6-22)38-33(44)39-25-10-12-28(27(34)18-25)37-21(3)43/h5-12,17-18H,13-16,35H2,1-4H3,(H,37,43)(H2,38,39,44). The maximum Gasteiger partial charge on any atom is 0.323 e. The number of rotatable bonds is 7. The number of halogens is 1. The second-order valence-electron chi connectivity index (χ2n) is 10.6. The molecule has 3 amide bonds. The van der Waals surface area contributed by atoms with Crippen LogP contribution in [0.15, 0.2) is 71.4 Å². The van der Waals surface area contributed by atoms with Gasteiger partial charge in [-0.1, -0.05) is 6.07 Å². The van der Waals surface area contributed by atoms with E-state index in [4.69, 9.17) is 20.4 Å². The maximum atomic E-state index is 14.3. The number of aromatic nitrogens is 2. The monoisotopic (exact) mass is 610 g/mol. The van der Waals surface area contributed by atoms with Crippen LogP contribution < -0.4 is 26.6 Å². The number of aliphatic imine (C=N–C) groups is 1. The second-order valence-corrected chi connectivity index (χ2v) is 10.6. The van der Waals surface area contributed by atoms with Crippen LogP contribution in [0.4, 0.5) is 32.1 Å². The van der Waals surface area contributed by atoms with E-state index in [1.807, 2.05) is 44.2 Å². The zero-order chi connectivity index (χ0) is 32.1. The number of urea groups is 1. The van der Waals surface area contributed by atoms with Crippen LogP contribution in [0.3, 0.4) is 0 Å². The molecule has 5 rings (SSSR count). The number of morpholine rings is 1. The molecule has 2 heterocycles. The number of anilines is 4. The first-order chi connectivity index (χ1) is 21.6. The predicted molar refractivity (Wildman–Crippen MR) is 177 cm³/mol. The molecule has 45 heavy (non-hydrogen) atoms. The maximum absolute atomic E-state index is 14.3. The molecule has 0 spiro atoms. The van der Waals surface area contributed by atoms with E-state index in [1.165, 1.54) is 19.1 Å². The minimum absolute atomic E-state index is 0.0317. The summed E-state index contributed by atoms with van der Waals surface area (Å²) in [6.07, 6.45) is 0. The number of benzene rings is 3. The molecule has 0 unspecified atom stereocenters. The fraction of sp³-hybridized carbons (Fsp3) is 0.242. The van der Waals surface area contributed by atoms with E-state index in [0.29, 0.717) is 43.5 Å². The van der Waals surface area contributed by atoms with Crippen LogP contribution in [0.2, 0.25) is 0 Å². The molecule has 11 nitrogen and oxygen atoms in total. The normalized spacial score (nSPS) is 14.2. The zero-order valence-electron chi connectivity index (χ0n) is 25.6. The van der Waals surface area contributed by atoms with Crippen LogP contribution in [0, 0.1) is 5.82 Å². The van der Waals surface area contributed by atoms with E-state index < -0.39 is 17.8 Å². The molecule has 1 aromatic heterocycles. The number of amides is 3. The lowest BCUT2D eigenvalue weighted by Gasteiger charge is -2.29. The number of nitrogens with one attached hydrogen (secondary N) is 3. The van der Waals surface area contributed by atoms with Crippen molar-refractivity contribution in [1.29, 1.82) is 0 Å². The molecule has 0 saturated carbocycles. The van der Waals surface area contributed by atoms with Crippen LogP contribution in [-0.4, -0.2) is 61.0 Å². The van der Waals surface area contributed by atoms with Crippen molar-refractivity contribution in [2.75, 3.05) is 54.2 Å². The molecule has 5 N–H and O–H groups in total. The average Bonchev–Trinajstić information content (AvgIpc) is 3.02. The Bertz CT molecular complexity index is 1810. The first-order valence-electron chi connectivity index (χ1n) is 14.4. The Morgan fingerprint density at radius 2 is 1.60 bits per heavy atom. The Labute approximate surface area is 260 Å². The molecule has 232 valence electrons. The van der Waals surface area contributed by atoms with E-state index >= 15 is 0 Å².